The van der Waals surface area contributed by atoms with Crippen LogP contribution in [0.3, 0.4) is 0 Å². The molecule has 3 atom stereocenters. The number of furan rings is 1. The Kier molecular flexibility index (Phi) is 2.32. The molecule has 19 heavy (non-hydrogen) atoms. The molecule has 2 heteroatoms. The summed E-state index contributed by atoms with van der Waals surface area (Å²) in [5.41, 5.74) is 7.55. The Morgan fingerprint density at radius 1 is 1.21 bits per heavy atom. The molecule has 4 fully saturated rings. The van der Waals surface area contributed by atoms with Crippen LogP contribution >= 0.6 is 0 Å². The van der Waals surface area contributed by atoms with Gasteiger partial charge in [-0.1, -0.05) is 6.92 Å². The van der Waals surface area contributed by atoms with Crippen LogP contribution in [0.5, 0.6) is 0 Å². The van der Waals surface area contributed by atoms with Crippen LogP contribution < -0.4 is 5.73 Å². The van der Waals surface area contributed by atoms with Gasteiger partial charge in [-0.25, -0.2) is 0 Å². The summed E-state index contributed by atoms with van der Waals surface area (Å²) in [5, 5.41) is 0. The minimum atomic E-state index is 0.103. The molecule has 0 amide bonds. The molecular formula is C17H25NO. The van der Waals surface area contributed by atoms with Gasteiger partial charge in [0.1, 0.15) is 11.5 Å². The molecule has 2 N–H and O–H groups in total. The lowest BCUT2D eigenvalue weighted by molar-refractivity contribution is -0.116. The van der Waals surface area contributed by atoms with Crippen molar-refractivity contribution in [2.45, 2.75) is 58.4 Å². The third-order valence-corrected chi connectivity index (χ3v) is 6.13. The summed E-state index contributed by atoms with van der Waals surface area (Å²) < 4.78 is 5.84. The number of hydrogen-bond donors (Lipinski definition) is 1. The highest BCUT2D eigenvalue weighted by Gasteiger charge is 2.58. The first kappa shape index (κ1) is 12.0. The SMILES string of the molecule is Cc1ccc(C(N)C23CC4CC(CC(C)(C4)C2)C3)o1. The Balaban J connectivity index is 1.70. The zero-order valence-electron chi connectivity index (χ0n) is 12.1. The van der Waals surface area contributed by atoms with Crippen LogP contribution in [0.2, 0.25) is 0 Å². The molecular weight excluding hydrogens is 234 g/mol. The maximum atomic E-state index is 6.67. The normalized spacial score (nSPS) is 45.6. The van der Waals surface area contributed by atoms with E-state index in [4.69, 9.17) is 10.2 Å². The monoisotopic (exact) mass is 259 g/mol. The average Bonchev–Trinajstić information content (AvgIpc) is 2.71. The predicted octanol–water partition coefficient (Wildman–Crippen LogP) is 4.19. The number of nitrogens with two attached hydrogens (primary N) is 1. The summed E-state index contributed by atoms with van der Waals surface area (Å²) in [4.78, 5) is 0. The Morgan fingerprint density at radius 3 is 2.42 bits per heavy atom. The van der Waals surface area contributed by atoms with Crippen molar-refractivity contribution in [1.82, 2.24) is 0 Å². The quantitative estimate of drug-likeness (QED) is 0.864. The van der Waals surface area contributed by atoms with Crippen molar-refractivity contribution >= 4 is 0 Å². The number of aryl methyl sites for hydroxylation is 1. The zero-order valence-corrected chi connectivity index (χ0v) is 12.1. The van der Waals surface area contributed by atoms with E-state index in [-0.39, 0.29) is 6.04 Å². The molecule has 4 saturated carbocycles. The van der Waals surface area contributed by atoms with Crippen molar-refractivity contribution in [2.24, 2.45) is 28.4 Å². The van der Waals surface area contributed by atoms with Crippen molar-refractivity contribution in [3.63, 3.8) is 0 Å². The highest BCUT2D eigenvalue weighted by Crippen LogP contribution is 2.67. The summed E-state index contributed by atoms with van der Waals surface area (Å²) in [6, 6.07) is 4.25. The van der Waals surface area contributed by atoms with Crippen molar-refractivity contribution in [2.75, 3.05) is 0 Å². The first-order chi connectivity index (χ1) is 8.98. The van der Waals surface area contributed by atoms with Gasteiger partial charge in [-0.05, 0) is 80.2 Å². The molecule has 3 unspecified atom stereocenters. The largest absolute Gasteiger partial charge is 0.465 e. The van der Waals surface area contributed by atoms with E-state index in [2.05, 4.69) is 19.1 Å². The first-order valence-electron chi connectivity index (χ1n) is 7.80. The summed E-state index contributed by atoms with van der Waals surface area (Å²) in [6.45, 7) is 4.51. The third-order valence-electron chi connectivity index (χ3n) is 6.13. The van der Waals surface area contributed by atoms with Gasteiger partial charge >= 0.3 is 0 Å². The van der Waals surface area contributed by atoms with Crippen LogP contribution in [-0.4, -0.2) is 0 Å². The molecule has 1 heterocycles. The van der Waals surface area contributed by atoms with Crippen LogP contribution in [0.15, 0.2) is 16.5 Å². The Bertz CT molecular complexity index is 489. The molecule has 0 aromatic carbocycles. The molecule has 5 rings (SSSR count). The van der Waals surface area contributed by atoms with Gasteiger partial charge in [-0.3, -0.25) is 0 Å². The van der Waals surface area contributed by atoms with Gasteiger partial charge in [0.15, 0.2) is 0 Å². The highest BCUT2D eigenvalue weighted by molar-refractivity contribution is 5.17. The minimum absolute atomic E-state index is 0.103. The minimum Gasteiger partial charge on any atom is -0.465 e. The van der Waals surface area contributed by atoms with Crippen LogP contribution in [-0.2, 0) is 0 Å². The summed E-state index contributed by atoms with van der Waals surface area (Å²) in [5.74, 6) is 3.85. The van der Waals surface area contributed by atoms with Gasteiger partial charge in [-0.15, -0.1) is 0 Å². The molecule has 0 saturated heterocycles. The van der Waals surface area contributed by atoms with Crippen LogP contribution in [0.1, 0.15) is 63.0 Å². The summed E-state index contributed by atoms with van der Waals surface area (Å²) >= 11 is 0. The summed E-state index contributed by atoms with van der Waals surface area (Å²) in [6.07, 6.45) is 8.32. The lowest BCUT2D eigenvalue weighted by Crippen LogP contribution is -2.54. The standard InChI is InChI=1S/C17H25NO/c1-11-3-4-14(19-11)15(18)17-8-12-5-13(9-17)7-16(2,6-12)10-17/h3-4,12-13,15H,5-10,18H2,1-2H3. The van der Waals surface area contributed by atoms with Crippen molar-refractivity contribution in [3.8, 4) is 0 Å². The second-order valence-electron chi connectivity index (χ2n) is 8.06. The van der Waals surface area contributed by atoms with E-state index in [1.165, 1.54) is 38.5 Å². The average molecular weight is 259 g/mol. The lowest BCUT2D eigenvalue weighted by Gasteiger charge is -2.62. The highest BCUT2D eigenvalue weighted by atomic mass is 16.3. The molecule has 104 valence electrons. The van der Waals surface area contributed by atoms with E-state index in [1.54, 1.807) is 0 Å². The van der Waals surface area contributed by atoms with E-state index in [1.807, 2.05) is 6.92 Å². The van der Waals surface area contributed by atoms with E-state index in [0.717, 1.165) is 23.4 Å². The van der Waals surface area contributed by atoms with Gasteiger partial charge in [0.05, 0.1) is 6.04 Å². The molecule has 0 spiro atoms. The van der Waals surface area contributed by atoms with Crippen LogP contribution in [0.4, 0.5) is 0 Å². The van der Waals surface area contributed by atoms with E-state index >= 15 is 0 Å². The molecule has 2 nitrogen and oxygen atoms in total. The topological polar surface area (TPSA) is 39.2 Å². The molecule has 1 aromatic rings. The maximum Gasteiger partial charge on any atom is 0.121 e. The molecule has 0 aliphatic heterocycles. The Morgan fingerprint density at radius 2 is 1.89 bits per heavy atom. The molecule has 0 radical (unpaired) electrons. The fourth-order valence-corrected chi connectivity index (χ4v) is 6.08. The third kappa shape index (κ3) is 1.72. The maximum absolute atomic E-state index is 6.67. The second-order valence-corrected chi connectivity index (χ2v) is 8.06. The fourth-order valence-electron chi connectivity index (χ4n) is 6.08. The molecule has 4 aliphatic rings. The van der Waals surface area contributed by atoms with Gasteiger partial charge < -0.3 is 10.2 Å². The van der Waals surface area contributed by atoms with Crippen LogP contribution in [0.25, 0.3) is 0 Å². The summed E-state index contributed by atoms with van der Waals surface area (Å²) in [7, 11) is 0. The van der Waals surface area contributed by atoms with Gasteiger partial charge in [0, 0.05) is 0 Å². The lowest BCUT2D eigenvalue weighted by atomic mass is 9.43. The van der Waals surface area contributed by atoms with E-state index in [9.17, 15) is 0 Å². The predicted molar refractivity (Wildman–Crippen MR) is 75.6 cm³/mol. The zero-order chi connectivity index (χ0) is 13.3. The van der Waals surface area contributed by atoms with Gasteiger partial charge in [-0.2, -0.15) is 0 Å². The molecule has 4 aliphatic carbocycles. The first-order valence-corrected chi connectivity index (χ1v) is 7.80. The van der Waals surface area contributed by atoms with Gasteiger partial charge in [0.2, 0.25) is 0 Å². The van der Waals surface area contributed by atoms with Gasteiger partial charge in [0.25, 0.3) is 0 Å². The van der Waals surface area contributed by atoms with Crippen molar-refractivity contribution in [1.29, 1.82) is 0 Å². The molecule has 1 aromatic heterocycles. The van der Waals surface area contributed by atoms with Crippen molar-refractivity contribution in [3.05, 3.63) is 23.7 Å². The van der Waals surface area contributed by atoms with E-state index in [0.29, 0.717) is 10.8 Å². The smallest absolute Gasteiger partial charge is 0.121 e. The number of hydrogen-bond acceptors (Lipinski definition) is 2. The molecule has 4 bridgehead atoms. The van der Waals surface area contributed by atoms with Crippen LogP contribution in [0, 0.1) is 29.6 Å². The second kappa shape index (κ2) is 3.66. The fraction of sp³-hybridized carbons (Fsp3) is 0.765. The Labute approximate surface area is 115 Å². The number of rotatable bonds is 2. The van der Waals surface area contributed by atoms with E-state index < -0.39 is 0 Å². The van der Waals surface area contributed by atoms with Crippen molar-refractivity contribution < 1.29 is 4.42 Å². The Hall–Kier alpha value is -0.760.